The number of halogens is 1. The molecule has 0 spiro atoms. The number of rotatable bonds is 8. The van der Waals surface area contributed by atoms with Crippen molar-refractivity contribution >= 4 is 29.4 Å². The normalized spacial score (nSPS) is 15.6. The molecule has 0 aliphatic carbocycles. The van der Waals surface area contributed by atoms with Gasteiger partial charge < -0.3 is 19.1 Å². The zero-order chi connectivity index (χ0) is 28.3. The summed E-state index contributed by atoms with van der Waals surface area (Å²) in [6.07, 6.45) is 3.48. The Morgan fingerprint density at radius 2 is 1.83 bits per heavy atom. The number of anilines is 1. The lowest BCUT2D eigenvalue weighted by Crippen LogP contribution is -2.42. The third-order valence-electron chi connectivity index (χ3n) is 7.10. The van der Waals surface area contributed by atoms with Gasteiger partial charge in [0.2, 0.25) is 18.6 Å². The van der Waals surface area contributed by atoms with Gasteiger partial charge in [-0.05, 0) is 62.2 Å². The second-order valence-corrected chi connectivity index (χ2v) is 10.5. The number of aryl methyl sites for hydroxylation is 1. The standard InChI is InChI=1S/C31H29ClN4O5/c1-20-4-11-24(12-5-20)36-17-26(21-6-9-23(32)10-7-21)33-31(36)34-29(37)18-35(16-25-3-2-14-39-25)30(38)22-8-13-27-28(15-22)41-19-40-27/h4-13,15,17,25H,2-3,14,16,18-19H2,1H3,(H,33,34,37)/t25-/m1/s1. The van der Waals surface area contributed by atoms with E-state index < -0.39 is 0 Å². The lowest BCUT2D eigenvalue weighted by atomic mass is 10.1. The van der Waals surface area contributed by atoms with Crippen molar-refractivity contribution in [2.75, 3.05) is 31.8 Å². The molecule has 2 aliphatic heterocycles. The summed E-state index contributed by atoms with van der Waals surface area (Å²) < 4.78 is 18.5. The molecule has 210 valence electrons. The van der Waals surface area contributed by atoms with E-state index in [1.165, 1.54) is 4.90 Å². The molecule has 3 heterocycles. The first-order chi connectivity index (χ1) is 19.9. The van der Waals surface area contributed by atoms with Crippen LogP contribution in [0, 0.1) is 6.92 Å². The third kappa shape index (κ3) is 6.06. The van der Waals surface area contributed by atoms with Gasteiger partial charge in [-0.25, -0.2) is 4.98 Å². The summed E-state index contributed by atoms with van der Waals surface area (Å²) in [5, 5.41) is 3.56. The Hall–Kier alpha value is -4.34. The zero-order valence-electron chi connectivity index (χ0n) is 22.5. The van der Waals surface area contributed by atoms with Crippen LogP contribution in [-0.4, -0.2) is 58.9 Å². The topological polar surface area (TPSA) is 94.9 Å². The van der Waals surface area contributed by atoms with Crippen molar-refractivity contribution in [3.8, 4) is 28.4 Å². The fraction of sp³-hybridized carbons (Fsp3) is 0.258. The van der Waals surface area contributed by atoms with Crippen LogP contribution in [0.15, 0.2) is 72.9 Å². The predicted octanol–water partition coefficient (Wildman–Crippen LogP) is 5.49. The van der Waals surface area contributed by atoms with Crippen LogP contribution in [-0.2, 0) is 9.53 Å². The maximum atomic E-state index is 13.6. The van der Waals surface area contributed by atoms with Crippen molar-refractivity contribution in [2.45, 2.75) is 25.9 Å². The van der Waals surface area contributed by atoms with Gasteiger partial charge in [-0.1, -0.05) is 41.4 Å². The first-order valence-corrected chi connectivity index (χ1v) is 13.8. The summed E-state index contributed by atoms with van der Waals surface area (Å²) >= 11 is 6.08. The van der Waals surface area contributed by atoms with E-state index in [0.717, 1.165) is 29.7 Å². The molecule has 1 saturated heterocycles. The van der Waals surface area contributed by atoms with E-state index >= 15 is 0 Å². The van der Waals surface area contributed by atoms with E-state index in [2.05, 4.69) is 5.32 Å². The van der Waals surface area contributed by atoms with Gasteiger partial charge in [-0.2, -0.15) is 0 Å². The quantitative estimate of drug-likeness (QED) is 0.300. The van der Waals surface area contributed by atoms with E-state index in [-0.39, 0.29) is 31.3 Å². The first kappa shape index (κ1) is 26.9. The molecule has 4 aromatic rings. The Balaban J connectivity index is 1.26. The van der Waals surface area contributed by atoms with Gasteiger partial charge in [0.15, 0.2) is 11.5 Å². The molecule has 0 radical (unpaired) electrons. The number of nitrogens with zero attached hydrogens (tertiary/aromatic N) is 3. The van der Waals surface area contributed by atoms with Crippen molar-refractivity contribution in [2.24, 2.45) is 0 Å². The van der Waals surface area contributed by atoms with Crippen LogP contribution < -0.4 is 14.8 Å². The smallest absolute Gasteiger partial charge is 0.254 e. The molecule has 2 aliphatic rings. The number of hydrogen-bond donors (Lipinski definition) is 1. The first-order valence-electron chi connectivity index (χ1n) is 13.5. The number of nitrogens with one attached hydrogen (secondary N) is 1. The summed E-state index contributed by atoms with van der Waals surface area (Å²) in [5.74, 6) is 0.768. The van der Waals surface area contributed by atoms with Gasteiger partial charge >= 0.3 is 0 Å². The number of imidazole rings is 1. The molecule has 9 nitrogen and oxygen atoms in total. The minimum atomic E-state index is -0.376. The number of aromatic nitrogens is 2. The molecule has 10 heteroatoms. The molecule has 6 rings (SSSR count). The Morgan fingerprint density at radius 1 is 1.05 bits per heavy atom. The van der Waals surface area contributed by atoms with E-state index in [9.17, 15) is 9.59 Å². The number of ether oxygens (including phenoxy) is 3. The highest BCUT2D eigenvalue weighted by atomic mass is 35.5. The fourth-order valence-corrected chi connectivity index (χ4v) is 5.06. The molecule has 2 amide bonds. The van der Waals surface area contributed by atoms with Crippen LogP contribution in [0.1, 0.15) is 28.8 Å². The molecular weight excluding hydrogens is 544 g/mol. The molecule has 0 bridgehead atoms. The molecule has 1 aromatic heterocycles. The van der Waals surface area contributed by atoms with Crippen LogP contribution in [0.4, 0.5) is 5.95 Å². The molecular formula is C31H29ClN4O5. The summed E-state index contributed by atoms with van der Waals surface area (Å²) in [7, 11) is 0. The Bertz CT molecular complexity index is 1560. The highest BCUT2D eigenvalue weighted by Crippen LogP contribution is 2.33. The van der Waals surface area contributed by atoms with Gasteiger partial charge in [0.05, 0.1) is 11.8 Å². The largest absolute Gasteiger partial charge is 0.454 e. The predicted molar refractivity (Wildman–Crippen MR) is 155 cm³/mol. The Kier molecular flexibility index (Phi) is 7.63. The van der Waals surface area contributed by atoms with Crippen LogP contribution in [0.5, 0.6) is 11.5 Å². The molecule has 1 atom stereocenters. The maximum Gasteiger partial charge on any atom is 0.254 e. The van der Waals surface area contributed by atoms with Gasteiger partial charge in [0.1, 0.15) is 6.54 Å². The number of fused-ring (bicyclic) bond motifs is 1. The van der Waals surface area contributed by atoms with Gasteiger partial charge in [-0.3, -0.25) is 19.5 Å². The SMILES string of the molecule is Cc1ccc(-n2cc(-c3ccc(Cl)cc3)nc2NC(=O)CN(C[C@H]2CCCO2)C(=O)c2ccc3c(c2)OCO3)cc1. The summed E-state index contributed by atoms with van der Waals surface area (Å²) in [5.41, 5.74) is 3.89. The average molecular weight is 573 g/mol. The molecule has 3 aromatic carbocycles. The molecule has 1 N–H and O–H groups in total. The minimum Gasteiger partial charge on any atom is -0.454 e. The maximum absolute atomic E-state index is 13.6. The average Bonchev–Trinajstić information content (AvgIpc) is 3.74. The number of benzene rings is 3. The number of carbonyl (C=O) groups excluding carboxylic acids is 2. The second-order valence-electron chi connectivity index (χ2n) is 10.1. The zero-order valence-corrected chi connectivity index (χ0v) is 23.3. The van der Waals surface area contributed by atoms with Crippen LogP contribution in [0.2, 0.25) is 5.02 Å². The molecule has 41 heavy (non-hydrogen) atoms. The van der Waals surface area contributed by atoms with Crippen molar-refractivity contribution in [3.63, 3.8) is 0 Å². The van der Waals surface area contributed by atoms with Crippen molar-refractivity contribution < 1.29 is 23.8 Å². The van der Waals surface area contributed by atoms with E-state index in [1.54, 1.807) is 30.3 Å². The number of hydrogen-bond acceptors (Lipinski definition) is 6. The van der Waals surface area contributed by atoms with Crippen LogP contribution in [0.3, 0.4) is 0 Å². The summed E-state index contributed by atoms with van der Waals surface area (Å²) in [4.78, 5) is 33.4. The minimum absolute atomic E-state index is 0.112. The molecule has 1 fully saturated rings. The second kappa shape index (κ2) is 11.6. The Labute approximate surface area is 242 Å². The van der Waals surface area contributed by atoms with Crippen molar-refractivity contribution in [1.82, 2.24) is 14.5 Å². The van der Waals surface area contributed by atoms with E-state index in [4.69, 9.17) is 30.8 Å². The number of amides is 2. The number of carbonyl (C=O) groups is 2. The lowest BCUT2D eigenvalue weighted by Gasteiger charge is -2.25. The molecule has 0 saturated carbocycles. The Morgan fingerprint density at radius 3 is 2.59 bits per heavy atom. The van der Waals surface area contributed by atoms with Crippen LogP contribution >= 0.6 is 11.6 Å². The van der Waals surface area contributed by atoms with Gasteiger partial charge in [-0.15, -0.1) is 0 Å². The highest BCUT2D eigenvalue weighted by molar-refractivity contribution is 6.30. The molecule has 0 unspecified atom stereocenters. The third-order valence-corrected chi connectivity index (χ3v) is 7.35. The van der Waals surface area contributed by atoms with E-state index in [0.29, 0.717) is 46.9 Å². The van der Waals surface area contributed by atoms with Gasteiger partial charge in [0.25, 0.3) is 5.91 Å². The van der Waals surface area contributed by atoms with Crippen molar-refractivity contribution in [3.05, 3.63) is 89.1 Å². The van der Waals surface area contributed by atoms with Gasteiger partial charge in [0, 0.05) is 41.2 Å². The highest BCUT2D eigenvalue weighted by Gasteiger charge is 2.27. The summed E-state index contributed by atoms with van der Waals surface area (Å²) in [6, 6.07) is 20.3. The van der Waals surface area contributed by atoms with Crippen LogP contribution in [0.25, 0.3) is 16.9 Å². The fourth-order valence-electron chi connectivity index (χ4n) is 4.93. The monoisotopic (exact) mass is 572 g/mol. The summed E-state index contributed by atoms with van der Waals surface area (Å²) in [6.45, 7) is 2.89. The van der Waals surface area contributed by atoms with E-state index in [1.807, 2.05) is 54.1 Å². The van der Waals surface area contributed by atoms with Crippen molar-refractivity contribution in [1.29, 1.82) is 0 Å². The lowest BCUT2D eigenvalue weighted by molar-refractivity contribution is -0.117.